The Bertz CT molecular complexity index is 445. The minimum Gasteiger partial charge on any atom is -0.394 e. The van der Waals surface area contributed by atoms with Crippen molar-refractivity contribution in [2.75, 3.05) is 13.7 Å². The van der Waals surface area contributed by atoms with Crippen molar-refractivity contribution in [3.63, 3.8) is 0 Å². The highest BCUT2D eigenvalue weighted by Gasteiger charge is 2.54. The van der Waals surface area contributed by atoms with Crippen LogP contribution in [0.1, 0.15) is 11.1 Å². The summed E-state index contributed by atoms with van der Waals surface area (Å²) in [6.45, 7) is 1.42. The van der Waals surface area contributed by atoms with Crippen molar-refractivity contribution in [2.45, 2.75) is 37.1 Å². The number of ether oxygens (including phenoxy) is 2. The Morgan fingerprint density at radius 1 is 1.15 bits per heavy atom. The molecule has 1 aromatic rings. The third kappa shape index (κ3) is 2.35. The van der Waals surface area contributed by atoms with E-state index < -0.39 is 36.8 Å². The van der Waals surface area contributed by atoms with Crippen LogP contribution in [0.5, 0.6) is 0 Å². The van der Waals surface area contributed by atoms with E-state index >= 15 is 0 Å². The largest absolute Gasteiger partial charge is 0.394 e. The molecule has 0 bridgehead atoms. The normalized spacial score (nSPS) is 37.9. The Morgan fingerprint density at radius 3 is 2.25 bits per heavy atom. The maximum absolute atomic E-state index is 10.3. The molecule has 0 radical (unpaired) electrons. The molecular weight excluding hydrogens is 264 g/mol. The second-order valence-corrected chi connectivity index (χ2v) is 5.00. The molecule has 1 fully saturated rings. The Hall–Kier alpha value is -1.02. The Kier molecular flexibility index (Phi) is 4.43. The van der Waals surface area contributed by atoms with Crippen molar-refractivity contribution in [3.05, 3.63) is 35.4 Å². The predicted molar refractivity (Wildman–Crippen MR) is 69.8 cm³/mol. The molecule has 6 nitrogen and oxygen atoms in total. The fourth-order valence-corrected chi connectivity index (χ4v) is 2.45. The first-order valence-electron chi connectivity index (χ1n) is 6.41. The van der Waals surface area contributed by atoms with Crippen molar-refractivity contribution in [2.24, 2.45) is 0 Å². The first kappa shape index (κ1) is 15.4. The summed E-state index contributed by atoms with van der Waals surface area (Å²) in [5.41, 5.74) is 1.52. The van der Waals surface area contributed by atoms with E-state index in [1.54, 1.807) is 12.1 Å². The summed E-state index contributed by atoms with van der Waals surface area (Å²) in [6, 6.07) is 7.05. The fraction of sp³-hybridized carbons (Fsp3) is 0.571. The highest BCUT2D eigenvalue weighted by atomic mass is 16.7. The monoisotopic (exact) mass is 284 g/mol. The lowest BCUT2D eigenvalue weighted by Gasteiger charge is -2.47. The van der Waals surface area contributed by atoms with Crippen LogP contribution in [-0.4, -0.2) is 58.6 Å². The lowest BCUT2D eigenvalue weighted by Crippen LogP contribution is -2.64. The predicted octanol–water partition coefficient (Wildman–Crippen LogP) is -0.732. The fourth-order valence-electron chi connectivity index (χ4n) is 2.45. The topological polar surface area (TPSA) is 99.4 Å². The summed E-state index contributed by atoms with van der Waals surface area (Å²) in [6.07, 6.45) is -5.39. The van der Waals surface area contributed by atoms with Gasteiger partial charge in [0.05, 0.1) is 6.61 Å². The second-order valence-electron chi connectivity index (χ2n) is 5.00. The molecule has 1 aromatic carbocycles. The lowest BCUT2D eigenvalue weighted by molar-refractivity contribution is -0.366. The van der Waals surface area contributed by atoms with Crippen LogP contribution in [0, 0.1) is 6.92 Å². The van der Waals surface area contributed by atoms with Crippen LogP contribution in [0.2, 0.25) is 0 Å². The van der Waals surface area contributed by atoms with Crippen LogP contribution in [0.4, 0.5) is 0 Å². The Labute approximate surface area is 117 Å². The molecule has 5 atom stereocenters. The van der Waals surface area contributed by atoms with Gasteiger partial charge in [0, 0.05) is 12.7 Å². The van der Waals surface area contributed by atoms with Crippen molar-refractivity contribution >= 4 is 0 Å². The number of hydrogen-bond donors (Lipinski definition) is 4. The molecule has 1 saturated heterocycles. The summed E-state index contributed by atoms with van der Waals surface area (Å²) in [5.74, 6) is -1.63. The number of aliphatic hydroxyl groups is 4. The number of aliphatic hydroxyl groups excluding tert-OH is 4. The van der Waals surface area contributed by atoms with Crippen molar-refractivity contribution in [1.29, 1.82) is 0 Å². The zero-order valence-electron chi connectivity index (χ0n) is 11.4. The molecule has 1 heterocycles. The quantitative estimate of drug-likeness (QED) is 0.584. The molecular formula is C14H20O6. The van der Waals surface area contributed by atoms with Crippen molar-refractivity contribution in [1.82, 2.24) is 0 Å². The van der Waals surface area contributed by atoms with Gasteiger partial charge in [-0.1, -0.05) is 29.8 Å². The van der Waals surface area contributed by atoms with Gasteiger partial charge in [0.2, 0.25) is 5.79 Å². The zero-order valence-corrected chi connectivity index (χ0v) is 11.4. The van der Waals surface area contributed by atoms with E-state index in [-0.39, 0.29) is 0 Å². The summed E-state index contributed by atoms with van der Waals surface area (Å²) in [7, 11) is 1.34. The van der Waals surface area contributed by atoms with Gasteiger partial charge in [-0.25, -0.2) is 0 Å². The standard InChI is InChI=1S/C14H20O6/c1-8-3-5-9(6-4-8)14(19-2)13(18)12(17)11(16)10(7-15)20-14/h3-6,10-13,15-18H,7H2,1-2H3. The number of rotatable bonds is 3. The van der Waals surface area contributed by atoms with E-state index in [1.807, 2.05) is 19.1 Å². The van der Waals surface area contributed by atoms with E-state index in [0.717, 1.165) is 5.56 Å². The summed E-state index contributed by atoms with van der Waals surface area (Å²) < 4.78 is 10.9. The first-order chi connectivity index (χ1) is 9.46. The van der Waals surface area contributed by atoms with E-state index in [1.165, 1.54) is 7.11 Å². The number of hydrogen-bond acceptors (Lipinski definition) is 6. The summed E-state index contributed by atoms with van der Waals surface area (Å²) in [5, 5.41) is 39.2. The van der Waals surface area contributed by atoms with Crippen LogP contribution >= 0.6 is 0 Å². The zero-order chi connectivity index (χ0) is 14.9. The molecule has 0 saturated carbocycles. The van der Waals surface area contributed by atoms with Crippen LogP contribution in [0.25, 0.3) is 0 Å². The van der Waals surface area contributed by atoms with Gasteiger partial charge in [-0.05, 0) is 6.92 Å². The molecule has 0 aromatic heterocycles. The SMILES string of the molecule is COC1(c2ccc(C)cc2)OC(CO)C(O)C(O)C1O. The van der Waals surface area contributed by atoms with Gasteiger partial charge < -0.3 is 29.9 Å². The van der Waals surface area contributed by atoms with Gasteiger partial charge in [-0.3, -0.25) is 0 Å². The lowest BCUT2D eigenvalue weighted by atomic mass is 9.88. The average molecular weight is 284 g/mol. The molecule has 0 amide bonds. The molecule has 6 heteroatoms. The van der Waals surface area contributed by atoms with Gasteiger partial charge in [-0.15, -0.1) is 0 Å². The Morgan fingerprint density at radius 2 is 1.75 bits per heavy atom. The van der Waals surface area contributed by atoms with Gasteiger partial charge in [-0.2, -0.15) is 0 Å². The van der Waals surface area contributed by atoms with Gasteiger partial charge in [0.1, 0.15) is 24.4 Å². The highest BCUT2D eigenvalue weighted by Crippen LogP contribution is 2.39. The van der Waals surface area contributed by atoms with Crippen molar-refractivity contribution < 1.29 is 29.9 Å². The molecule has 4 N–H and O–H groups in total. The maximum atomic E-state index is 10.3. The minimum atomic E-state index is -1.63. The molecule has 1 aliphatic heterocycles. The summed E-state index contributed by atoms with van der Waals surface area (Å²) in [4.78, 5) is 0. The highest BCUT2D eigenvalue weighted by molar-refractivity contribution is 5.27. The molecule has 0 aliphatic carbocycles. The summed E-state index contributed by atoms with van der Waals surface area (Å²) >= 11 is 0. The van der Waals surface area contributed by atoms with E-state index in [2.05, 4.69) is 0 Å². The number of aryl methyl sites for hydroxylation is 1. The molecule has 5 unspecified atom stereocenters. The molecule has 112 valence electrons. The van der Waals surface area contributed by atoms with E-state index in [4.69, 9.17) is 9.47 Å². The molecule has 20 heavy (non-hydrogen) atoms. The third-order valence-corrected chi connectivity index (χ3v) is 3.71. The van der Waals surface area contributed by atoms with Crippen LogP contribution < -0.4 is 0 Å². The van der Waals surface area contributed by atoms with E-state index in [0.29, 0.717) is 5.56 Å². The number of benzene rings is 1. The van der Waals surface area contributed by atoms with Crippen molar-refractivity contribution in [3.8, 4) is 0 Å². The molecule has 2 rings (SSSR count). The minimum absolute atomic E-state index is 0.498. The average Bonchev–Trinajstić information content (AvgIpc) is 2.47. The van der Waals surface area contributed by atoms with Gasteiger partial charge >= 0.3 is 0 Å². The first-order valence-corrected chi connectivity index (χ1v) is 6.41. The van der Waals surface area contributed by atoms with Gasteiger partial charge in [0.25, 0.3) is 0 Å². The number of methoxy groups -OCH3 is 1. The second kappa shape index (κ2) is 5.77. The van der Waals surface area contributed by atoms with Gasteiger partial charge in [0.15, 0.2) is 0 Å². The maximum Gasteiger partial charge on any atom is 0.224 e. The third-order valence-electron chi connectivity index (χ3n) is 3.71. The smallest absolute Gasteiger partial charge is 0.224 e. The van der Waals surface area contributed by atoms with E-state index in [9.17, 15) is 20.4 Å². The van der Waals surface area contributed by atoms with Crippen LogP contribution in [-0.2, 0) is 15.3 Å². The Balaban J connectivity index is 2.44. The van der Waals surface area contributed by atoms with Crippen LogP contribution in [0.3, 0.4) is 0 Å². The molecule has 0 spiro atoms. The molecule has 1 aliphatic rings. The van der Waals surface area contributed by atoms with Crippen LogP contribution in [0.15, 0.2) is 24.3 Å².